The van der Waals surface area contributed by atoms with E-state index >= 15 is 0 Å². The van der Waals surface area contributed by atoms with Gasteiger partial charge in [-0.2, -0.15) is 0 Å². The largest absolute Gasteiger partial charge is 0.386 e. The lowest BCUT2D eigenvalue weighted by Crippen LogP contribution is -2.49. The fourth-order valence-corrected chi connectivity index (χ4v) is 1.01. The standard InChI is InChI=1S/C6H11NO/c1-2-6(8)3-5(7)4-6/h2,5,8H,1,3-4,7H2. The second-order valence-corrected chi connectivity index (χ2v) is 2.48. The second kappa shape index (κ2) is 1.57. The third kappa shape index (κ3) is 0.767. The van der Waals surface area contributed by atoms with Gasteiger partial charge in [0.25, 0.3) is 0 Å². The van der Waals surface area contributed by atoms with Crippen molar-refractivity contribution in [3.8, 4) is 0 Å². The first-order valence-corrected chi connectivity index (χ1v) is 2.78. The van der Waals surface area contributed by atoms with Crippen LogP contribution >= 0.6 is 0 Å². The Balaban J connectivity index is 2.40. The van der Waals surface area contributed by atoms with Crippen molar-refractivity contribution in [1.29, 1.82) is 0 Å². The first-order chi connectivity index (χ1) is 3.66. The highest BCUT2D eigenvalue weighted by atomic mass is 16.3. The lowest BCUT2D eigenvalue weighted by Gasteiger charge is -2.39. The van der Waals surface area contributed by atoms with Crippen LogP contribution in [0.3, 0.4) is 0 Å². The van der Waals surface area contributed by atoms with Crippen molar-refractivity contribution in [2.75, 3.05) is 0 Å². The number of aliphatic hydroxyl groups is 1. The van der Waals surface area contributed by atoms with Gasteiger partial charge in [0.1, 0.15) is 0 Å². The number of hydrogen-bond donors (Lipinski definition) is 2. The molecule has 0 bridgehead atoms. The lowest BCUT2D eigenvalue weighted by molar-refractivity contribution is -0.000502. The smallest absolute Gasteiger partial charge is 0.0854 e. The Morgan fingerprint density at radius 1 is 1.75 bits per heavy atom. The zero-order chi connectivity index (χ0) is 6.20. The molecule has 1 fully saturated rings. The molecule has 0 atom stereocenters. The van der Waals surface area contributed by atoms with Gasteiger partial charge in [-0.25, -0.2) is 0 Å². The molecule has 3 N–H and O–H groups in total. The highest BCUT2D eigenvalue weighted by Crippen LogP contribution is 2.30. The van der Waals surface area contributed by atoms with Crippen LogP contribution in [0.5, 0.6) is 0 Å². The average molecular weight is 113 g/mol. The van der Waals surface area contributed by atoms with Crippen molar-refractivity contribution >= 4 is 0 Å². The number of rotatable bonds is 1. The molecule has 2 heteroatoms. The van der Waals surface area contributed by atoms with Gasteiger partial charge in [0.2, 0.25) is 0 Å². The summed E-state index contributed by atoms with van der Waals surface area (Å²) in [4.78, 5) is 0. The van der Waals surface area contributed by atoms with E-state index in [9.17, 15) is 5.11 Å². The predicted octanol–water partition coefficient (Wildman–Crippen LogP) is 0.0246. The van der Waals surface area contributed by atoms with E-state index in [0.29, 0.717) is 12.8 Å². The Labute approximate surface area is 49.0 Å². The van der Waals surface area contributed by atoms with Gasteiger partial charge in [0.15, 0.2) is 0 Å². The van der Waals surface area contributed by atoms with Crippen molar-refractivity contribution < 1.29 is 5.11 Å². The molecule has 1 rings (SSSR count). The molecule has 0 aromatic carbocycles. The molecule has 2 nitrogen and oxygen atoms in total. The van der Waals surface area contributed by atoms with E-state index in [2.05, 4.69) is 6.58 Å². The van der Waals surface area contributed by atoms with Crippen LogP contribution in [-0.4, -0.2) is 16.7 Å². The van der Waals surface area contributed by atoms with E-state index in [-0.39, 0.29) is 6.04 Å². The van der Waals surface area contributed by atoms with Crippen LogP contribution < -0.4 is 5.73 Å². The number of hydrogen-bond acceptors (Lipinski definition) is 2. The fourth-order valence-electron chi connectivity index (χ4n) is 1.01. The molecule has 0 spiro atoms. The molecule has 0 aromatic heterocycles. The molecule has 0 unspecified atom stereocenters. The van der Waals surface area contributed by atoms with Gasteiger partial charge in [0.05, 0.1) is 5.60 Å². The second-order valence-electron chi connectivity index (χ2n) is 2.48. The van der Waals surface area contributed by atoms with Crippen molar-refractivity contribution in [1.82, 2.24) is 0 Å². The molecular weight excluding hydrogens is 102 g/mol. The number of nitrogens with two attached hydrogens (primary N) is 1. The van der Waals surface area contributed by atoms with Crippen LogP contribution in [0.1, 0.15) is 12.8 Å². The molecule has 8 heavy (non-hydrogen) atoms. The van der Waals surface area contributed by atoms with Crippen LogP contribution in [0, 0.1) is 0 Å². The van der Waals surface area contributed by atoms with E-state index < -0.39 is 5.60 Å². The lowest BCUT2D eigenvalue weighted by atomic mass is 9.76. The zero-order valence-electron chi connectivity index (χ0n) is 4.80. The molecule has 0 heterocycles. The Morgan fingerprint density at radius 3 is 2.38 bits per heavy atom. The Hall–Kier alpha value is -0.340. The summed E-state index contributed by atoms with van der Waals surface area (Å²) in [7, 11) is 0. The summed E-state index contributed by atoms with van der Waals surface area (Å²) >= 11 is 0. The molecule has 1 aliphatic rings. The van der Waals surface area contributed by atoms with Gasteiger partial charge in [-0.05, 0) is 12.8 Å². The Bertz CT molecular complexity index is 105. The molecule has 0 aliphatic heterocycles. The van der Waals surface area contributed by atoms with Crippen molar-refractivity contribution in [2.45, 2.75) is 24.5 Å². The monoisotopic (exact) mass is 113 g/mol. The molecule has 1 saturated carbocycles. The molecule has 46 valence electrons. The van der Waals surface area contributed by atoms with Crippen molar-refractivity contribution in [3.05, 3.63) is 12.7 Å². The fraction of sp³-hybridized carbons (Fsp3) is 0.667. The van der Waals surface area contributed by atoms with Crippen LogP contribution in [0.4, 0.5) is 0 Å². The molecule has 0 radical (unpaired) electrons. The van der Waals surface area contributed by atoms with E-state index in [1.807, 2.05) is 0 Å². The topological polar surface area (TPSA) is 46.2 Å². The van der Waals surface area contributed by atoms with Crippen molar-refractivity contribution in [3.63, 3.8) is 0 Å². The predicted molar refractivity (Wildman–Crippen MR) is 32.4 cm³/mol. The summed E-state index contributed by atoms with van der Waals surface area (Å²) in [6.45, 7) is 3.48. The summed E-state index contributed by atoms with van der Waals surface area (Å²) in [6, 6.07) is 0.193. The van der Waals surface area contributed by atoms with Crippen LogP contribution in [0.25, 0.3) is 0 Å². The minimum atomic E-state index is -0.626. The molecule has 0 saturated heterocycles. The van der Waals surface area contributed by atoms with Crippen LogP contribution in [0.15, 0.2) is 12.7 Å². The molecule has 1 aliphatic carbocycles. The van der Waals surface area contributed by atoms with E-state index in [4.69, 9.17) is 5.73 Å². The molecule has 0 amide bonds. The van der Waals surface area contributed by atoms with Gasteiger partial charge in [-0.15, -0.1) is 6.58 Å². The first-order valence-electron chi connectivity index (χ1n) is 2.78. The highest BCUT2D eigenvalue weighted by Gasteiger charge is 2.37. The highest BCUT2D eigenvalue weighted by molar-refractivity contribution is 5.07. The van der Waals surface area contributed by atoms with Crippen molar-refractivity contribution in [2.24, 2.45) is 5.73 Å². The Kier molecular flexibility index (Phi) is 1.14. The Morgan fingerprint density at radius 2 is 2.25 bits per heavy atom. The van der Waals surface area contributed by atoms with Gasteiger partial charge in [0, 0.05) is 6.04 Å². The van der Waals surface area contributed by atoms with Gasteiger partial charge >= 0.3 is 0 Å². The van der Waals surface area contributed by atoms with Crippen LogP contribution in [0.2, 0.25) is 0 Å². The first kappa shape index (κ1) is 5.79. The van der Waals surface area contributed by atoms with Crippen LogP contribution in [-0.2, 0) is 0 Å². The normalized spacial score (nSPS) is 45.5. The third-order valence-electron chi connectivity index (χ3n) is 1.61. The molecular formula is C6H11NO. The maximum absolute atomic E-state index is 9.19. The quantitative estimate of drug-likeness (QED) is 0.471. The zero-order valence-corrected chi connectivity index (χ0v) is 4.80. The van der Waals surface area contributed by atoms with E-state index in [1.54, 1.807) is 6.08 Å². The van der Waals surface area contributed by atoms with Gasteiger partial charge < -0.3 is 10.8 Å². The summed E-state index contributed by atoms with van der Waals surface area (Å²) in [5.74, 6) is 0. The summed E-state index contributed by atoms with van der Waals surface area (Å²) in [6.07, 6.45) is 2.92. The van der Waals surface area contributed by atoms with E-state index in [1.165, 1.54) is 0 Å². The summed E-state index contributed by atoms with van der Waals surface area (Å²) < 4.78 is 0. The van der Waals surface area contributed by atoms with Gasteiger partial charge in [-0.3, -0.25) is 0 Å². The van der Waals surface area contributed by atoms with E-state index in [0.717, 1.165) is 0 Å². The average Bonchev–Trinajstić information content (AvgIpc) is 1.63. The third-order valence-corrected chi connectivity index (χ3v) is 1.61. The maximum atomic E-state index is 9.19. The SMILES string of the molecule is C=CC1(O)CC(N)C1. The molecule has 0 aromatic rings. The summed E-state index contributed by atoms with van der Waals surface area (Å²) in [5, 5.41) is 9.19. The maximum Gasteiger partial charge on any atom is 0.0854 e. The summed E-state index contributed by atoms with van der Waals surface area (Å²) in [5.41, 5.74) is 4.80. The van der Waals surface area contributed by atoms with Gasteiger partial charge in [-0.1, -0.05) is 6.08 Å². The minimum absolute atomic E-state index is 0.193. The minimum Gasteiger partial charge on any atom is -0.386 e.